The Morgan fingerprint density at radius 3 is 2.31 bits per heavy atom. The number of fused-ring (bicyclic) bond motifs is 1. The molecule has 2 heteroatoms. The number of hydrogen-bond acceptors (Lipinski definition) is 2. The van der Waals surface area contributed by atoms with Crippen LogP contribution in [-0.4, -0.2) is 13.7 Å². The van der Waals surface area contributed by atoms with Crippen molar-refractivity contribution in [2.45, 2.75) is 0 Å². The third kappa shape index (κ3) is 1.87. The fraction of sp³-hybridized carbons (Fsp3) is 0.143. The van der Waals surface area contributed by atoms with Gasteiger partial charge in [0.2, 0.25) is 0 Å². The van der Waals surface area contributed by atoms with Crippen LogP contribution in [0.25, 0.3) is 10.8 Å². The fourth-order valence-corrected chi connectivity index (χ4v) is 1.70. The van der Waals surface area contributed by atoms with Crippen LogP contribution in [0.3, 0.4) is 0 Å². The summed E-state index contributed by atoms with van der Waals surface area (Å²) in [5.41, 5.74) is 0. The van der Waals surface area contributed by atoms with E-state index in [1.807, 2.05) is 36.4 Å². The van der Waals surface area contributed by atoms with Crippen LogP contribution in [0.15, 0.2) is 49.1 Å². The molecule has 0 aliphatic carbocycles. The highest BCUT2D eigenvalue weighted by Crippen LogP contribution is 2.32. The second kappa shape index (κ2) is 4.71. The number of ether oxygens (including phenoxy) is 2. The first-order valence-electron chi connectivity index (χ1n) is 5.16. The van der Waals surface area contributed by atoms with Crippen molar-refractivity contribution in [2.24, 2.45) is 0 Å². The van der Waals surface area contributed by atoms with Crippen molar-refractivity contribution in [1.29, 1.82) is 0 Å². The molecule has 2 nitrogen and oxygen atoms in total. The molecule has 0 heterocycles. The molecule has 0 bridgehead atoms. The van der Waals surface area contributed by atoms with Gasteiger partial charge in [-0.25, -0.2) is 0 Å². The Bertz CT molecular complexity index is 503. The predicted molar refractivity (Wildman–Crippen MR) is 66.2 cm³/mol. The van der Waals surface area contributed by atoms with Crippen molar-refractivity contribution < 1.29 is 9.47 Å². The topological polar surface area (TPSA) is 18.5 Å². The first kappa shape index (κ1) is 10.6. The Labute approximate surface area is 95.1 Å². The van der Waals surface area contributed by atoms with Gasteiger partial charge in [0.15, 0.2) is 0 Å². The van der Waals surface area contributed by atoms with E-state index in [0.29, 0.717) is 6.61 Å². The summed E-state index contributed by atoms with van der Waals surface area (Å²) < 4.78 is 10.9. The molecule has 0 aliphatic heterocycles. The SMILES string of the molecule is C=CCOc1ccc(OC)c2ccccc12. The van der Waals surface area contributed by atoms with Crippen LogP contribution in [0.4, 0.5) is 0 Å². The smallest absolute Gasteiger partial charge is 0.127 e. The molecule has 82 valence electrons. The molecule has 0 atom stereocenters. The van der Waals surface area contributed by atoms with Gasteiger partial charge in [-0.15, -0.1) is 0 Å². The van der Waals surface area contributed by atoms with Crippen LogP contribution in [0.1, 0.15) is 0 Å². The van der Waals surface area contributed by atoms with E-state index in [0.717, 1.165) is 22.3 Å². The molecule has 0 radical (unpaired) electrons. The molecule has 16 heavy (non-hydrogen) atoms. The minimum absolute atomic E-state index is 0.510. The van der Waals surface area contributed by atoms with Gasteiger partial charge in [-0.1, -0.05) is 36.9 Å². The average Bonchev–Trinajstić information content (AvgIpc) is 2.36. The zero-order chi connectivity index (χ0) is 11.4. The lowest BCUT2D eigenvalue weighted by atomic mass is 10.1. The zero-order valence-electron chi connectivity index (χ0n) is 9.27. The van der Waals surface area contributed by atoms with Gasteiger partial charge < -0.3 is 9.47 Å². The molecule has 2 aromatic carbocycles. The number of rotatable bonds is 4. The van der Waals surface area contributed by atoms with Crippen LogP contribution >= 0.6 is 0 Å². The molecule has 2 rings (SSSR count). The normalized spacial score (nSPS) is 10.1. The Hall–Kier alpha value is -1.96. The van der Waals surface area contributed by atoms with Gasteiger partial charge in [0.25, 0.3) is 0 Å². The standard InChI is InChI=1S/C14H14O2/c1-3-10-16-14-9-8-13(15-2)11-6-4-5-7-12(11)14/h3-9H,1,10H2,2H3. The third-order valence-electron chi connectivity index (χ3n) is 2.42. The molecule has 2 aromatic rings. The molecule has 0 amide bonds. The summed E-state index contributed by atoms with van der Waals surface area (Å²) in [5.74, 6) is 1.72. The van der Waals surface area contributed by atoms with Gasteiger partial charge in [-0.2, -0.15) is 0 Å². The van der Waals surface area contributed by atoms with Crippen molar-refractivity contribution in [3.05, 3.63) is 49.1 Å². The summed E-state index contributed by atoms with van der Waals surface area (Å²) >= 11 is 0. The van der Waals surface area contributed by atoms with Gasteiger partial charge in [-0.3, -0.25) is 0 Å². The monoisotopic (exact) mass is 214 g/mol. The van der Waals surface area contributed by atoms with Crippen molar-refractivity contribution in [3.63, 3.8) is 0 Å². The van der Waals surface area contributed by atoms with E-state index in [2.05, 4.69) is 6.58 Å². The lowest BCUT2D eigenvalue weighted by Crippen LogP contribution is -1.94. The van der Waals surface area contributed by atoms with Crippen LogP contribution < -0.4 is 9.47 Å². The first-order chi connectivity index (χ1) is 7.86. The minimum atomic E-state index is 0.510. The summed E-state index contributed by atoms with van der Waals surface area (Å²) in [4.78, 5) is 0. The van der Waals surface area contributed by atoms with Crippen LogP contribution in [-0.2, 0) is 0 Å². The number of methoxy groups -OCH3 is 1. The van der Waals surface area contributed by atoms with Crippen LogP contribution in [0.5, 0.6) is 11.5 Å². The summed E-state index contributed by atoms with van der Waals surface area (Å²) in [7, 11) is 1.67. The van der Waals surface area contributed by atoms with E-state index in [1.54, 1.807) is 13.2 Å². The number of benzene rings is 2. The molecule has 0 aliphatic rings. The summed E-state index contributed by atoms with van der Waals surface area (Å²) in [6.45, 7) is 4.15. The van der Waals surface area contributed by atoms with E-state index in [9.17, 15) is 0 Å². The van der Waals surface area contributed by atoms with Crippen molar-refractivity contribution >= 4 is 10.8 Å². The Morgan fingerprint density at radius 2 is 1.69 bits per heavy atom. The van der Waals surface area contributed by atoms with Crippen molar-refractivity contribution in [3.8, 4) is 11.5 Å². The van der Waals surface area contributed by atoms with Crippen molar-refractivity contribution in [1.82, 2.24) is 0 Å². The van der Waals surface area contributed by atoms with E-state index in [-0.39, 0.29) is 0 Å². The van der Waals surface area contributed by atoms with Crippen molar-refractivity contribution in [2.75, 3.05) is 13.7 Å². The minimum Gasteiger partial charge on any atom is -0.496 e. The highest BCUT2D eigenvalue weighted by atomic mass is 16.5. The van der Waals surface area contributed by atoms with Crippen LogP contribution in [0.2, 0.25) is 0 Å². The lowest BCUT2D eigenvalue weighted by molar-refractivity contribution is 0.366. The maximum atomic E-state index is 5.59. The fourth-order valence-electron chi connectivity index (χ4n) is 1.70. The summed E-state index contributed by atoms with van der Waals surface area (Å²) in [5, 5.41) is 2.12. The lowest BCUT2D eigenvalue weighted by Gasteiger charge is -2.10. The van der Waals surface area contributed by atoms with Gasteiger partial charge in [0, 0.05) is 10.8 Å². The predicted octanol–water partition coefficient (Wildman–Crippen LogP) is 3.41. The second-order valence-electron chi connectivity index (χ2n) is 3.41. The van der Waals surface area contributed by atoms with Gasteiger partial charge in [-0.05, 0) is 12.1 Å². The molecule has 0 saturated heterocycles. The van der Waals surface area contributed by atoms with E-state index < -0.39 is 0 Å². The molecule has 0 N–H and O–H groups in total. The maximum absolute atomic E-state index is 5.59. The molecular formula is C14H14O2. The zero-order valence-corrected chi connectivity index (χ0v) is 9.27. The van der Waals surface area contributed by atoms with E-state index in [1.165, 1.54) is 0 Å². The second-order valence-corrected chi connectivity index (χ2v) is 3.41. The Kier molecular flexibility index (Phi) is 3.10. The largest absolute Gasteiger partial charge is 0.496 e. The van der Waals surface area contributed by atoms with Gasteiger partial charge >= 0.3 is 0 Å². The highest BCUT2D eigenvalue weighted by Gasteiger charge is 2.05. The van der Waals surface area contributed by atoms with E-state index in [4.69, 9.17) is 9.47 Å². The molecular weight excluding hydrogens is 200 g/mol. The average molecular weight is 214 g/mol. The molecule has 0 unspecified atom stereocenters. The summed E-state index contributed by atoms with van der Waals surface area (Å²) in [6.07, 6.45) is 1.74. The van der Waals surface area contributed by atoms with E-state index >= 15 is 0 Å². The summed E-state index contributed by atoms with van der Waals surface area (Å²) in [6, 6.07) is 11.9. The number of hydrogen-bond donors (Lipinski definition) is 0. The molecule has 0 aromatic heterocycles. The molecule has 0 spiro atoms. The first-order valence-corrected chi connectivity index (χ1v) is 5.16. The highest BCUT2D eigenvalue weighted by molar-refractivity contribution is 5.93. The Balaban J connectivity index is 2.55. The van der Waals surface area contributed by atoms with Gasteiger partial charge in [0.1, 0.15) is 18.1 Å². The Morgan fingerprint density at radius 1 is 1.06 bits per heavy atom. The molecule has 0 fully saturated rings. The van der Waals surface area contributed by atoms with Crippen LogP contribution in [0, 0.1) is 0 Å². The third-order valence-corrected chi connectivity index (χ3v) is 2.42. The molecule has 0 saturated carbocycles. The quantitative estimate of drug-likeness (QED) is 0.726. The van der Waals surface area contributed by atoms with Gasteiger partial charge in [0.05, 0.1) is 7.11 Å². The maximum Gasteiger partial charge on any atom is 0.127 e.